The molecule has 0 spiro atoms. The van der Waals surface area contributed by atoms with E-state index >= 15 is 0 Å². The van der Waals surface area contributed by atoms with Crippen molar-refractivity contribution in [1.82, 2.24) is 0 Å². The molecule has 0 fully saturated rings. The van der Waals surface area contributed by atoms with Crippen molar-refractivity contribution in [2.45, 2.75) is 11.8 Å². The molecular weight excluding hydrogens is 353 g/mol. The normalized spacial score (nSPS) is 13.4. The van der Waals surface area contributed by atoms with Crippen LogP contribution in [0.3, 0.4) is 0 Å². The average Bonchev–Trinajstić information content (AvgIpc) is 2.56. The highest BCUT2D eigenvalue weighted by molar-refractivity contribution is 7.92. The fraction of sp³-hybridized carbons (Fsp3) is 0.188. The molecule has 0 unspecified atom stereocenters. The first-order valence-electron chi connectivity index (χ1n) is 7.24. The maximum absolute atomic E-state index is 13.9. The highest BCUT2D eigenvalue weighted by Crippen LogP contribution is 2.37. The van der Waals surface area contributed by atoms with Gasteiger partial charge in [0.15, 0.2) is 11.5 Å². The van der Waals surface area contributed by atoms with Gasteiger partial charge in [-0.3, -0.25) is 4.72 Å². The summed E-state index contributed by atoms with van der Waals surface area (Å²) >= 11 is 0. The van der Waals surface area contributed by atoms with E-state index in [1.54, 1.807) is 13.0 Å². The van der Waals surface area contributed by atoms with Crippen molar-refractivity contribution in [3.05, 3.63) is 47.3 Å². The third kappa shape index (κ3) is 3.36. The Kier molecular flexibility index (Phi) is 4.25. The van der Waals surface area contributed by atoms with E-state index in [1.165, 1.54) is 12.1 Å². The molecule has 0 atom stereocenters. The standard InChI is InChI=1S/C16H14FNO6S/c1-9-2-3-13(12(17)6-9)18-25(21,22)10-7-11(16(19)20)15-14(8-10)23-4-5-24-15/h2-3,6-8,18H,4-5H2,1H3,(H,19,20). The summed E-state index contributed by atoms with van der Waals surface area (Å²) in [7, 11) is -4.23. The first-order chi connectivity index (χ1) is 11.8. The summed E-state index contributed by atoms with van der Waals surface area (Å²) in [6.07, 6.45) is 0. The minimum Gasteiger partial charge on any atom is -0.486 e. The smallest absolute Gasteiger partial charge is 0.339 e. The van der Waals surface area contributed by atoms with Crippen molar-refractivity contribution in [2.24, 2.45) is 0 Å². The van der Waals surface area contributed by atoms with Gasteiger partial charge in [-0.1, -0.05) is 6.07 Å². The molecule has 0 radical (unpaired) electrons. The first-order valence-corrected chi connectivity index (χ1v) is 8.72. The number of carboxylic acids is 1. The van der Waals surface area contributed by atoms with Gasteiger partial charge in [0.05, 0.1) is 10.6 Å². The summed E-state index contributed by atoms with van der Waals surface area (Å²) in [5.41, 5.74) is 0.0484. The molecule has 9 heteroatoms. The van der Waals surface area contributed by atoms with Crippen molar-refractivity contribution in [3.63, 3.8) is 0 Å². The molecular formula is C16H14FNO6S. The lowest BCUT2D eigenvalue weighted by atomic mass is 10.2. The largest absolute Gasteiger partial charge is 0.486 e. The monoisotopic (exact) mass is 367 g/mol. The van der Waals surface area contributed by atoms with E-state index in [0.717, 1.165) is 12.1 Å². The van der Waals surface area contributed by atoms with Crippen LogP contribution in [0.4, 0.5) is 10.1 Å². The molecule has 1 aliphatic rings. The number of nitrogens with one attached hydrogen (secondary N) is 1. The van der Waals surface area contributed by atoms with Gasteiger partial charge < -0.3 is 14.6 Å². The number of fused-ring (bicyclic) bond motifs is 1. The summed E-state index contributed by atoms with van der Waals surface area (Å²) in [6, 6.07) is 6.12. The molecule has 3 rings (SSSR count). The number of hydrogen-bond donors (Lipinski definition) is 2. The van der Waals surface area contributed by atoms with Gasteiger partial charge in [0.25, 0.3) is 10.0 Å². The molecule has 25 heavy (non-hydrogen) atoms. The maximum atomic E-state index is 13.9. The van der Waals surface area contributed by atoms with Crippen LogP contribution in [0.1, 0.15) is 15.9 Å². The van der Waals surface area contributed by atoms with Crippen LogP contribution in [-0.2, 0) is 10.0 Å². The van der Waals surface area contributed by atoms with Gasteiger partial charge in [0.1, 0.15) is 24.6 Å². The highest BCUT2D eigenvalue weighted by atomic mass is 32.2. The number of benzene rings is 2. The lowest BCUT2D eigenvalue weighted by Crippen LogP contribution is -2.20. The fourth-order valence-corrected chi connectivity index (χ4v) is 3.46. The van der Waals surface area contributed by atoms with Gasteiger partial charge >= 0.3 is 5.97 Å². The van der Waals surface area contributed by atoms with Crippen LogP contribution in [0.15, 0.2) is 35.2 Å². The predicted octanol–water partition coefficient (Wildman–Crippen LogP) is 2.40. The predicted molar refractivity (Wildman–Crippen MR) is 86.3 cm³/mol. The van der Waals surface area contributed by atoms with E-state index in [2.05, 4.69) is 4.72 Å². The average molecular weight is 367 g/mol. The molecule has 0 saturated heterocycles. The van der Waals surface area contributed by atoms with Gasteiger partial charge in [-0.25, -0.2) is 17.6 Å². The summed E-state index contributed by atoms with van der Waals surface area (Å²) in [4.78, 5) is 11.0. The molecule has 7 nitrogen and oxygen atoms in total. The number of carboxylic acid groups (broad SMARTS) is 1. The van der Waals surface area contributed by atoms with Crippen molar-refractivity contribution in [2.75, 3.05) is 17.9 Å². The number of aryl methyl sites for hydroxylation is 1. The minimum atomic E-state index is -4.23. The molecule has 2 aromatic carbocycles. The van der Waals surface area contributed by atoms with Gasteiger partial charge in [-0.15, -0.1) is 0 Å². The second-order valence-electron chi connectivity index (χ2n) is 5.39. The number of halogens is 1. The second-order valence-corrected chi connectivity index (χ2v) is 7.07. The number of ether oxygens (including phenoxy) is 2. The van der Waals surface area contributed by atoms with Gasteiger partial charge in [0.2, 0.25) is 0 Å². The Labute approximate surface area is 143 Å². The lowest BCUT2D eigenvalue weighted by Gasteiger charge is -2.21. The summed E-state index contributed by atoms with van der Waals surface area (Å²) in [5, 5.41) is 9.28. The Morgan fingerprint density at radius 1 is 1.20 bits per heavy atom. The van der Waals surface area contributed by atoms with Crippen molar-refractivity contribution < 1.29 is 32.2 Å². The van der Waals surface area contributed by atoms with E-state index in [0.29, 0.717) is 5.56 Å². The molecule has 0 aromatic heterocycles. The molecule has 0 amide bonds. The van der Waals surface area contributed by atoms with Crippen molar-refractivity contribution in [3.8, 4) is 11.5 Å². The summed E-state index contributed by atoms with van der Waals surface area (Å²) in [5.74, 6) is -2.12. The molecule has 0 aliphatic carbocycles. The van der Waals surface area contributed by atoms with Crippen LogP contribution < -0.4 is 14.2 Å². The number of aromatic carboxylic acids is 1. The summed E-state index contributed by atoms with van der Waals surface area (Å²) in [6.45, 7) is 1.99. The Bertz CT molecular complexity index is 957. The van der Waals surface area contributed by atoms with E-state index in [9.17, 15) is 22.7 Å². The second kappa shape index (κ2) is 6.25. The third-order valence-electron chi connectivity index (χ3n) is 3.53. The Morgan fingerprint density at radius 3 is 2.60 bits per heavy atom. The fourth-order valence-electron chi connectivity index (χ4n) is 2.35. The molecule has 0 bridgehead atoms. The van der Waals surface area contributed by atoms with E-state index < -0.39 is 21.8 Å². The quantitative estimate of drug-likeness (QED) is 0.860. The van der Waals surface area contributed by atoms with Crippen LogP contribution >= 0.6 is 0 Å². The molecule has 1 aliphatic heterocycles. The Balaban J connectivity index is 2.05. The molecule has 2 N–H and O–H groups in total. The van der Waals surface area contributed by atoms with E-state index in [-0.39, 0.29) is 40.9 Å². The zero-order valence-corrected chi connectivity index (χ0v) is 13.9. The number of hydrogen-bond acceptors (Lipinski definition) is 5. The van der Waals surface area contributed by atoms with Crippen LogP contribution in [0.5, 0.6) is 11.5 Å². The van der Waals surface area contributed by atoms with E-state index in [4.69, 9.17) is 9.47 Å². The molecule has 132 valence electrons. The van der Waals surface area contributed by atoms with Crippen LogP contribution in [0.25, 0.3) is 0 Å². The van der Waals surface area contributed by atoms with E-state index in [1.807, 2.05) is 0 Å². The maximum Gasteiger partial charge on any atom is 0.339 e. The molecule has 0 saturated carbocycles. The first kappa shape index (κ1) is 17.0. The zero-order valence-electron chi connectivity index (χ0n) is 13.1. The van der Waals surface area contributed by atoms with Gasteiger partial charge in [-0.2, -0.15) is 0 Å². The van der Waals surface area contributed by atoms with Crippen molar-refractivity contribution in [1.29, 1.82) is 0 Å². The molecule has 2 aromatic rings. The number of rotatable bonds is 4. The molecule has 1 heterocycles. The Morgan fingerprint density at radius 2 is 1.92 bits per heavy atom. The van der Waals surface area contributed by atoms with Gasteiger partial charge in [-0.05, 0) is 30.7 Å². The lowest BCUT2D eigenvalue weighted by molar-refractivity contribution is 0.0685. The van der Waals surface area contributed by atoms with Crippen LogP contribution in [0.2, 0.25) is 0 Å². The number of sulfonamides is 1. The third-order valence-corrected chi connectivity index (χ3v) is 4.87. The SMILES string of the molecule is Cc1ccc(NS(=O)(=O)c2cc3c(c(C(=O)O)c2)OCCO3)c(F)c1. The topological polar surface area (TPSA) is 102 Å². The van der Waals surface area contributed by atoms with Crippen LogP contribution in [-0.4, -0.2) is 32.7 Å². The summed E-state index contributed by atoms with van der Waals surface area (Å²) < 4.78 is 51.6. The minimum absolute atomic E-state index is 0.0101. The van der Waals surface area contributed by atoms with Crippen molar-refractivity contribution >= 4 is 21.7 Å². The highest BCUT2D eigenvalue weighted by Gasteiger charge is 2.26. The number of anilines is 1. The number of carbonyl (C=O) groups is 1. The zero-order chi connectivity index (χ0) is 18.2. The Hall–Kier alpha value is -2.81. The van der Waals surface area contributed by atoms with Crippen LogP contribution in [0, 0.1) is 12.7 Å². The van der Waals surface area contributed by atoms with Gasteiger partial charge in [0, 0.05) is 6.07 Å².